The molecule has 3 aromatic carbocycles. The van der Waals surface area contributed by atoms with Crippen molar-refractivity contribution in [2.75, 3.05) is 23.8 Å². The lowest BCUT2D eigenvalue weighted by Crippen LogP contribution is -2.38. The van der Waals surface area contributed by atoms with E-state index in [2.05, 4.69) is 16.0 Å². The van der Waals surface area contributed by atoms with Crippen LogP contribution in [-0.2, 0) is 20.5 Å². The molecular formula is C27H26F4N4O5. The normalized spacial score (nSPS) is 17.3. The van der Waals surface area contributed by atoms with Crippen molar-refractivity contribution in [3.8, 4) is 0 Å². The third kappa shape index (κ3) is 7.44. The first-order valence-corrected chi connectivity index (χ1v) is 12.5. The number of benzene rings is 3. The standard InChI is InChI=1S/C27H26F4N4O5/c28-18-3-1-17-14-20(4-2-16(17)13-18)34-26(37)25(36)32-11-12-40-22-8-5-19(6-9-22)33-21-7-10-24(35(38)39)23(15-21)27(29,30)31/h1-4,7,10,13-15,19,22,33H,5-6,8-9,11-12H2,(H,32,36)(H,34,37). The zero-order valence-electron chi connectivity index (χ0n) is 21.1. The third-order valence-electron chi connectivity index (χ3n) is 6.55. The average Bonchev–Trinajstić information content (AvgIpc) is 2.91. The number of halogens is 4. The molecule has 1 aliphatic rings. The van der Waals surface area contributed by atoms with E-state index in [4.69, 9.17) is 4.74 Å². The summed E-state index contributed by atoms with van der Waals surface area (Å²) in [7, 11) is 0. The predicted octanol–water partition coefficient (Wildman–Crippen LogP) is 5.40. The Bertz CT molecular complexity index is 1410. The van der Waals surface area contributed by atoms with Crippen LogP contribution in [0.3, 0.4) is 0 Å². The van der Waals surface area contributed by atoms with Gasteiger partial charge >= 0.3 is 18.0 Å². The van der Waals surface area contributed by atoms with Crippen molar-refractivity contribution in [3.05, 3.63) is 76.1 Å². The minimum Gasteiger partial charge on any atom is -0.382 e. The molecule has 0 saturated heterocycles. The van der Waals surface area contributed by atoms with Gasteiger partial charge in [0.1, 0.15) is 11.4 Å². The molecule has 9 nitrogen and oxygen atoms in total. The van der Waals surface area contributed by atoms with E-state index in [1.807, 2.05) is 0 Å². The first kappa shape index (κ1) is 28.7. The Morgan fingerprint density at radius 1 is 0.925 bits per heavy atom. The number of hydrogen-bond donors (Lipinski definition) is 3. The summed E-state index contributed by atoms with van der Waals surface area (Å²) in [6.45, 7) is 0.269. The Hall–Kier alpha value is -4.26. The number of hydrogen-bond acceptors (Lipinski definition) is 6. The van der Waals surface area contributed by atoms with Gasteiger partial charge in [-0.15, -0.1) is 0 Å². The molecule has 0 aliphatic heterocycles. The van der Waals surface area contributed by atoms with Gasteiger partial charge in [-0.2, -0.15) is 13.2 Å². The summed E-state index contributed by atoms with van der Waals surface area (Å²) in [6, 6.07) is 11.8. The van der Waals surface area contributed by atoms with Crippen LogP contribution in [0.25, 0.3) is 10.8 Å². The molecule has 3 N–H and O–H groups in total. The van der Waals surface area contributed by atoms with Gasteiger partial charge in [-0.25, -0.2) is 4.39 Å². The summed E-state index contributed by atoms with van der Waals surface area (Å²) in [5.41, 5.74) is -1.75. The molecule has 1 saturated carbocycles. The van der Waals surface area contributed by atoms with Gasteiger partial charge in [-0.1, -0.05) is 12.1 Å². The van der Waals surface area contributed by atoms with Crippen LogP contribution < -0.4 is 16.0 Å². The third-order valence-corrected chi connectivity index (χ3v) is 6.55. The van der Waals surface area contributed by atoms with Crippen LogP contribution in [0.5, 0.6) is 0 Å². The van der Waals surface area contributed by atoms with Gasteiger partial charge in [0.05, 0.1) is 17.6 Å². The highest BCUT2D eigenvalue weighted by molar-refractivity contribution is 6.39. The summed E-state index contributed by atoms with van der Waals surface area (Å²) in [6.07, 6.45) is -2.51. The molecule has 0 radical (unpaired) electrons. The molecule has 40 heavy (non-hydrogen) atoms. The molecule has 1 aliphatic carbocycles. The molecule has 212 valence electrons. The molecular weight excluding hydrogens is 536 g/mol. The van der Waals surface area contributed by atoms with Gasteiger partial charge in [0, 0.05) is 30.0 Å². The van der Waals surface area contributed by atoms with E-state index in [0.29, 0.717) is 42.1 Å². The van der Waals surface area contributed by atoms with Crippen molar-refractivity contribution in [2.45, 2.75) is 44.0 Å². The Labute approximate surface area is 226 Å². The summed E-state index contributed by atoms with van der Waals surface area (Å²) in [5.74, 6) is -2.06. The topological polar surface area (TPSA) is 123 Å². The van der Waals surface area contributed by atoms with E-state index < -0.39 is 34.2 Å². The Morgan fingerprint density at radius 2 is 1.60 bits per heavy atom. The highest BCUT2D eigenvalue weighted by atomic mass is 19.4. The fourth-order valence-corrected chi connectivity index (χ4v) is 4.57. The lowest BCUT2D eigenvalue weighted by Gasteiger charge is -2.30. The van der Waals surface area contributed by atoms with Gasteiger partial charge in [0.25, 0.3) is 5.69 Å². The SMILES string of the molecule is O=C(NCCOC1CCC(Nc2ccc([N+](=O)[O-])c(C(F)(F)F)c2)CC1)C(=O)Nc1ccc2cc(F)ccc2c1. The molecule has 0 atom stereocenters. The zero-order chi connectivity index (χ0) is 28.9. The number of nitro groups is 1. The van der Waals surface area contributed by atoms with E-state index in [-0.39, 0.29) is 36.8 Å². The van der Waals surface area contributed by atoms with Crippen LogP contribution in [-0.4, -0.2) is 42.0 Å². The van der Waals surface area contributed by atoms with E-state index in [0.717, 1.165) is 12.1 Å². The molecule has 0 aromatic heterocycles. The minimum absolute atomic E-state index is 0.102. The van der Waals surface area contributed by atoms with Crippen molar-refractivity contribution in [3.63, 3.8) is 0 Å². The number of nitrogens with zero attached hydrogens (tertiary/aromatic N) is 1. The lowest BCUT2D eigenvalue weighted by molar-refractivity contribution is -0.388. The van der Waals surface area contributed by atoms with Crippen molar-refractivity contribution < 1.29 is 36.8 Å². The van der Waals surface area contributed by atoms with E-state index in [1.54, 1.807) is 24.3 Å². The van der Waals surface area contributed by atoms with Gasteiger partial charge in [-0.05, 0) is 72.9 Å². The molecule has 4 rings (SSSR count). The number of nitro benzene ring substituents is 1. The highest BCUT2D eigenvalue weighted by Gasteiger charge is 2.38. The number of alkyl halides is 3. The number of nitrogens with one attached hydrogen (secondary N) is 3. The van der Waals surface area contributed by atoms with Gasteiger partial charge in [-0.3, -0.25) is 19.7 Å². The number of carbonyl (C=O) groups excluding carboxylic acids is 2. The fourth-order valence-electron chi connectivity index (χ4n) is 4.57. The first-order valence-electron chi connectivity index (χ1n) is 12.5. The van der Waals surface area contributed by atoms with Crippen molar-refractivity contribution in [1.29, 1.82) is 0 Å². The van der Waals surface area contributed by atoms with E-state index >= 15 is 0 Å². The van der Waals surface area contributed by atoms with Crippen molar-refractivity contribution in [2.24, 2.45) is 0 Å². The smallest absolute Gasteiger partial charge is 0.382 e. The number of rotatable bonds is 8. The molecule has 13 heteroatoms. The number of fused-ring (bicyclic) bond motifs is 1. The summed E-state index contributed by atoms with van der Waals surface area (Å²) in [5, 5.41) is 20.3. The second-order valence-electron chi connectivity index (χ2n) is 9.39. The van der Waals surface area contributed by atoms with Crippen LogP contribution in [0, 0.1) is 15.9 Å². The highest BCUT2D eigenvalue weighted by Crippen LogP contribution is 2.38. The molecule has 0 unspecified atom stereocenters. The minimum atomic E-state index is -4.85. The Morgan fingerprint density at radius 3 is 2.30 bits per heavy atom. The van der Waals surface area contributed by atoms with Gasteiger partial charge in [0.15, 0.2) is 0 Å². The maximum absolute atomic E-state index is 13.3. The quantitative estimate of drug-likeness (QED) is 0.111. The summed E-state index contributed by atoms with van der Waals surface area (Å²) in [4.78, 5) is 34.2. The predicted molar refractivity (Wildman–Crippen MR) is 139 cm³/mol. The van der Waals surface area contributed by atoms with Crippen LogP contribution in [0.15, 0.2) is 54.6 Å². The van der Waals surface area contributed by atoms with E-state index in [1.165, 1.54) is 18.2 Å². The van der Waals surface area contributed by atoms with Crippen LogP contribution >= 0.6 is 0 Å². The molecule has 1 fully saturated rings. The fraction of sp³-hybridized carbons (Fsp3) is 0.333. The largest absolute Gasteiger partial charge is 0.423 e. The van der Waals surface area contributed by atoms with Crippen molar-refractivity contribution in [1.82, 2.24) is 5.32 Å². The zero-order valence-corrected chi connectivity index (χ0v) is 21.1. The summed E-state index contributed by atoms with van der Waals surface area (Å²) < 4.78 is 58.7. The lowest BCUT2D eigenvalue weighted by atomic mass is 9.92. The number of amides is 2. The molecule has 3 aromatic rings. The number of carbonyl (C=O) groups is 2. The maximum Gasteiger partial charge on any atom is 0.423 e. The first-order chi connectivity index (χ1) is 19.0. The maximum atomic E-state index is 13.3. The summed E-state index contributed by atoms with van der Waals surface area (Å²) >= 11 is 0. The van der Waals surface area contributed by atoms with Gasteiger partial charge < -0.3 is 20.7 Å². The van der Waals surface area contributed by atoms with Crippen LogP contribution in [0.1, 0.15) is 31.2 Å². The number of anilines is 2. The second-order valence-corrected chi connectivity index (χ2v) is 9.39. The molecule has 0 spiro atoms. The molecule has 0 heterocycles. The number of ether oxygens (including phenoxy) is 1. The van der Waals surface area contributed by atoms with Crippen molar-refractivity contribution >= 4 is 39.6 Å². The Kier molecular flexibility index (Phi) is 8.83. The van der Waals surface area contributed by atoms with Crippen LogP contribution in [0.2, 0.25) is 0 Å². The average molecular weight is 563 g/mol. The monoisotopic (exact) mass is 562 g/mol. The molecule has 0 bridgehead atoms. The second kappa shape index (κ2) is 12.3. The van der Waals surface area contributed by atoms with Gasteiger partial charge in [0.2, 0.25) is 0 Å². The molecule has 2 amide bonds. The van der Waals surface area contributed by atoms with Crippen LogP contribution in [0.4, 0.5) is 34.6 Å². The Balaban J connectivity index is 1.17. The van der Waals surface area contributed by atoms with E-state index in [9.17, 15) is 37.3 Å².